The molecule has 3 aromatic rings. The van der Waals surface area contributed by atoms with Gasteiger partial charge in [-0.1, -0.05) is 23.5 Å². The van der Waals surface area contributed by atoms with E-state index in [0.29, 0.717) is 29.2 Å². The van der Waals surface area contributed by atoms with E-state index in [-0.39, 0.29) is 24.4 Å². The molecule has 128 valence electrons. The van der Waals surface area contributed by atoms with Gasteiger partial charge in [-0.25, -0.2) is 9.97 Å². The first-order valence-electron chi connectivity index (χ1n) is 8.01. The lowest BCUT2D eigenvalue weighted by Gasteiger charge is -2.08. The zero-order valence-electron chi connectivity index (χ0n) is 13.4. The number of aromatic nitrogens is 3. The van der Waals surface area contributed by atoms with Gasteiger partial charge in [-0.2, -0.15) is 0 Å². The number of carbonyl (C=O) groups is 1. The van der Waals surface area contributed by atoms with Crippen LogP contribution >= 0.6 is 11.3 Å². The van der Waals surface area contributed by atoms with Crippen molar-refractivity contribution in [3.8, 4) is 0 Å². The third kappa shape index (κ3) is 3.31. The number of aryl methyl sites for hydroxylation is 1. The summed E-state index contributed by atoms with van der Waals surface area (Å²) in [7, 11) is 0. The zero-order valence-corrected chi connectivity index (χ0v) is 14.2. The third-order valence-corrected chi connectivity index (χ3v) is 5.04. The van der Waals surface area contributed by atoms with Crippen molar-refractivity contribution < 1.29 is 9.53 Å². The number of ether oxygens (including phenoxy) is 1. The van der Waals surface area contributed by atoms with Crippen LogP contribution in [0.5, 0.6) is 0 Å². The van der Waals surface area contributed by atoms with Crippen molar-refractivity contribution in [2.75, 3.05) is 11.9 Å². The van der Waals surface area contributed by atoms with Gasteiger partial charge in [0.1, 0.15) is 0 Å². The normalized spacial score (nSPS) is 13.6. The maximum Gasteiger partial charge on any atom is 0.261 e. The lowest BCUT2D eigenvalue weighted by Crippen LogP contribution is -2.23. The van der Waals surface area contributed by atoms with Crippen molar-refractivity contribution in [2.45, 2.75) is 26.0 Å². The molecule has 2 aromatic heterocycles. The Morgan fingerprint density at radius 2 is 2.24 bits per heavy atom. The zero-order chi connectivity index (χ0) is 17.2. The average molecular weight is 356 g/mol. The summed E-state index contributed by atoms with van der Waals surface area (Å²) in [5.41, 5.74) is 1.52. The molecule has 0 saturated heterocycles. The van der Waals surface area contributed by atoms with Gasteiger partial charge < -0.3 is 10.1 Å². The summed E-state index contributed by atoms with van der Waals surface area (Å²) in [5, 5.41) is 3.94. The Labute approximate surface area is 147 Å². The molecule has 0 aliphatic carbocycles. The van der Waals surface area contributed by atoms with E-state index in [1.807, 2.05) is 6.07 Å². The van der Waals surface area contributed by atoms with E-state index in [9.17, 15) is 9.59 Å². The monoisotopic (exact) mass is 356 g/mol. The van der Waals surface area contributed by atoms with Crippen LogP contribution in [0.15, 0.2) is 35.4 Å². The average Bonchev–Trinajstić information content (AvgIpc) is 3.03. The molecule has 0 radical (unpaired) electrons. The first kappa shape index (κ1) is 15.9. The molecule has 1 aliphatic rings. The van der Waals surface area contributed by atoms with Crippen LogP contribution in [0.4, 0.5) is 5.13 Å². The highest BCUT2D eigenvalue weighted by atomic mass is 32.1. The molecule has 0 saturated carbocycles. The molecule has 7 nitrogen and oxygen atoms in total. The summed E-state index contributed by atoms with van der Waals surface area (Å²) >= 11 is 1.44. The van der Waals surface area contributed by atoms with Crippen molar-refractivity contribution in [1.82, 2.24) is 14.5 Å². The van der Waals surface area contributed by atoms with Crippen LogP contribution in [0.2, 0.25) is 0 Å². The summed E-state index contributed by atoms with van der Waals surface area (Å²) in [6.45, 7) is 1.50. The van der Waals surface area contributed by atoms with E-state index in [2.05, 4.69) is 15.3 Å². The van der Waals surface area contributed by atoms with Gasteiger partial charge in [-0.3, -0.25) is 14.2 Å². The Morgan fingerprint density at radius 3 is 3.12 bits per heavy atom. The second kappa shape index (κ2) is 6.73. The number of hydrogen-bond donors (Lipinski definition) is 1. The number of anilines is 1. The minimum atomic E-state index is -0.174. The lowest BCUT2D eigenvalue weighted by molar-refractivity contribution is -0.116. The molecule has 25 heavy (non-hydrogen) atoms. The van der Waals surface area contributed by atoms with Crippen LogP contribution < -0.4 is 10.9 Å². The molecule has 1 N–H and O–H groups in total. The van der Waals surface area contributed by atoms with Crippen molar-refractivity contribution in [2.24, 2.45) is 0 Å². The molecule has 0 fully saturated rings. The van der Waals surface area contributed by atoms with Crippen LogP contribution in [0.3, 0.4) is 0 Å². The number of hydrogen-bond acceptors (Lipinski definition) is 6. The first-order valence-corrected chi connectivity index (χ1v) is 8.83. The van der Waals surface area contributed by atoms with Gasteiger partial charge in [0.15, 0.2) is 5.13 Å². The van der Waals surface area contributed by atoms with Gasteiger partial charge in [0, 0.05) is 19.4 Å². The predicted molar refractivity (Wildman–Crippen MR) is 94.7 cm³/mol. The standard InChI is InChI=1S/C17H16N4O3S/c22-15(20-17-19-13-6-8-24-9-14(13)25-17)5-7-21-10-18-12-4-2-1-3-11(12)16(21)23/h1-4,10H,5-9H2,(H,19,20,22). The number of nitrogens with zero attached hydrogens (tertiary/aromatic N) is 3. The summed E-state index contributed by atoms with van der Waals surface area (Å²) < 4.78 is 6.84. The van der Waals surface area contributed by atoms with E-state index in [1.54, 1.807) is 18.2 Å². The highest BCUT2D eigenvalue weighted by Gasteiger charge is 2.16. The second-order valence-electron chi connectivity index (χ2n) is 5.75. The number of carbonyl (C=O) groups excluding carboxylic acids is 1. The molecular weight excluding hydrogens is 340 g/mol. The Kier molecular flexibility index (Phi) is 4.29. The number of benzene rings is 1. The third-order valence-electron chi connectivity index (χ3n) is 4.05. The number of fused-ring (bicyclic) bond motifs is 2. The van der Waals surface area contributed by atoms with Crippen molar-refractivity contribution in [1.29, 1.82) is 0 Å². The Hall–Kier alpha value is -2.58. The Balaban J connectivity index is 1.43. The number of nitrogens with one attached hydrogen (secondary N) is 1. The van der Waals surface area contributed by atoms with Gasteiger partial charge in [0.2, 0.25) is 5.91 Å². The Bertz CT molecular complexity index is 971. The van der Waals surface area contributed by atoms with Gasteiger partial charge in [0.25, 0.3) is 5.56 Å². The largest absolute Gasteiger partial charge is 0.375 e. The SMILES string of the molecule is O=C(CCn1cnc2ccccc2c1=O)Nc1nc2c(s1)COCC2. The molecule has 0 spiro atoms. The van der Waals surface area contributed by atoms with Gasteiger partial charge in [0.05, 0.1) is 41.0 Å². The van der Waals surface area contributed by atoms with Gasteiger partial charge >= 0.3 is 0 Å². The minimum Gasteiger partial charge on any atom is -0.375 e. The molecule has 1 aromatic carbocycles. The first-order chi connectivity index (χ1) is 12.2. The summed E-state index contributed by atoms with van der Waals surface area (Å²) in [5.74, 6) is -0.174. The molecule has 4 rings (SSSR count). The minimum absolute atomic E-state index is 0.139. The fourth-order valence-electron chi connectivity index (χ4n) is 2.75. The summed E-state index contributed by atoms with van der Waals surface area (Å²) in [6.07, 6.45) is 2.44. The van der Waals surface area contributed by atoms with Crippen LogP contribution in [-0.2, 0) is 29.1 Å². The molecule has 3 heterocycles. The van der Waals surface area contributed by atoms with E-state index in [0.717, 1.165) is 17.0 Å². The molecule has 0 unspecified atom stereocenters. The quantitative estimate of drug-likeness (QED) is 0.772. The Morgan fingerprint density at radius 1 is 1.36 bits per heavy atom. The van der Waals surface area contributed by atoms with E-state index < -0.39 is 0 Å². The second-order valence-corrected chi connectivity index (χ2v) is 6.83. The smallest absolute Gasteiger partial charge is 0.261 e. The van der Waals surface area contributed by atoms with Crippen LogP contribution in [0.1, 0.15) is 17.0 Å². The maximum absolute atomic E-state index is 12.4. The van der Waals surface area contributed by atoms with Gasteiger partial charge in [-0.15, -0.1) is 0 Å². The maximum atomic E-state index is 12.4. The van der Waals surface area contributed by atoms with E-state index in [1.165, 1.54) is 22.2 Å². The molecule has 1 amide bonds. The predicted octanol–water partition coefficient (Wildman–Crippen LogP) is 1.95. The van der Waals surface area contributed by atoms with Gasteiger partial charge in [-0.05, 0) is 12.1 Å². The highest BCUT2D eigenvalue weighted by Crippen LogP contribution is 2.27. The molecule has 1 aliphatic heterocycles. The van der Waals surface area contributed by atoms with Crippen molar-refractivity contribution in [3.63, 3.8) is 0 Å². The molecule has 0 bridgehead atoms. The number of rotatable bonds is 4. The number of para-hydroxylation sites is 1. The van der Waals surface area contributed by atoms with Crippen LogP contribution in [0.25, 0.3) is 10.9 Å². The fourth-order valence-corrected chi connectivity index (χ4v) is 3.71. The summed E-state index contributed by atoms with van der Waals surface area (Å²) in [4.78, 5) is 34.3. The molecule has 0 atom stereocenters. The lowest BCUT2D eigenvalue weighted by atomic mass is 10.2. The van der Waals surface area contributed by atoms with E-state index in [4.69, 9.17) is 4.74 Å². The number of thiazole rings is 1. The van der Waals surface area contributed by atoms with E-state index >= 15 is 0 Å². The highest BCUT2D eigenvalue weighted by molar-refractivity contribution is 7.15. The van der Waals surface area contributed by atoms with Crippen molar-refractivity contribution >= 4 is 33.3 Å². The van der Waals surface area contributed by atoms with Crippen LogP contribution in [-0.4, -0.2) is 27.0 Å². The topological polar surface area (TPSA) is 86.1 Å². The summed E-state index contributed by atoms with van der Waals surface area (Å²) in [6, 6.07) is 7.17. The molecular formula is C17H16N4O3S. The van der Waals surface area contributed by atoms with Crippen LogP contribution in [0, 0.1) is 0 Å². The van der Waals surface area contributed by atoms with Crippen molar-refractivity contribution in [3.05, 3.63) is 51.5 Å². The fraction of sp³-hybridized carbons (Fsp3) is 0.294. The molecule has 8 heteroatoms. The number of amides is 1.